The van der Waals surface area contributed by atoms with Crippen molar-refractivity contribution in [1.29, 1.82) is 0 Å². The van der Waals surface area contributed by atoms with Crippen LogP contribution in [-0.2, 0) is 11.3 Å². The van der Waals surface area contributed by atoms with Gasteiger partial charge in [0.05, 0.1) is 20.3 Å². The van der Waals surface area contributed by atoms with Gasteiger partial charge in [-0.05, 0) is 29.8 Å². The number of hydrogen-bond donors (Lipinski definition) is 1. The van der Waals surface area contributed by atoms with Gasteiger partial charge in [-0.3, -0.25) is 0 Å². The topological polar surface area (TPSA) is 66.9 Å². The second-order valence-corrected chi connectivity index (χ2v) is 4.36. The van der Waals surface area contributed by atoms with E-state index in [9.17, 15) is 0 Å². The van der Waals surface area contributed by atoms with Crippen LogP contribution in [0.3, 0.4) is 0 Å². The molecule has 0 bridgehead atoms. The van der Waals surface area contributed by atoms with E-state index in [4.69, 9.17) is 24.4 Å². The molecule has 0 radical (unpaired) electrons. The molecular formula is C15H19NO4. The van der Waals surface area contributed by atoms with Crippen molar-refractivity contribution in [3.63, 3.8) is 0 Å². The molecule has 0 spiro atoms. The lowest BCUT2D eigenvalue weighted by molar-refractivity contribution is 0.162. The van der Waals surface area contributed by atoms with Gasteiger partial charge in [-0.1, -0.05) is 0 Å². The minimum atomic E-state index is -0.385. The van der Waals surface area contributed by atoms with Crippen LogP contribution in [0.25, 0.3) is 0 Å². The largest absolute Gasteiger partial charge is 0.497 e. The van der Waals surface area contributed by atoms with E-state index in [1.165, 1.54) is 0 Å². The van der Waals surface area contributed by atoms with Crippen molar-refractivity contribution in [1.82, 2.24) is 0 Å². The van der Waals surface area contributed by atoms with Gasteiger partial charge in [-0.2, -0.15) is 0 Å². The molecule has 0 saturated carbocycles. The van der Waals surface area contributed by atoms with Crippen molar-refractivity contribution in [2.45, 2.75) is 12.6 Å². The second-order valence-electron chi connectivity index (χ2n) is 4.36. The first-order chi connectivity index (χ1) is 9.67. The van der Waals surface area contributed by atoms with Crippen LogP contribution in [0.5, 0.6) is 11.5 Å². The van der Waals surface area contributed by atoms with E-state index in [0.717, 1.165) is 11.3 Å². The highest BCUT2D eigenvalue weighted by atomic mass is 16.5. The number of rotatable bonds is 6. The standard InChI is InChI=1S/C15H19NO4/c1-17-9-11-4-5-14(20-11)15(16)10-6-12(18-2)8-13(7-10)19-3/h4-8,15H,9,16H2,1-3H3. The predicted molar refractivity (Wildman–Crippen MR) is 75.0 cm³/mol. The van der Waals surface area contributed by atoms with Crippen molar-refractivity contribution >= 4 is 0 Å². The van der Waals surface area contributed by atoms with Crippen molar-refractivity contribution < 1.29 is 18.6 Å². The normalized spacial score (nSPS) is 12.2. The first-order valence-corrected chi connectivity index (χ1v) is 6.24. The molecule has 1 heterocycles. The summed E-state index contributed by atoms with van der Waals surface area (Å²) in [6.07, 6.45) is 0. The molecule has 0 saturated heterocycles. The highest BCUT2D eigenvalue weighted by Crippen LogP contribution is 2.29. The molecule has 1 unspecified atom stereocenters. The van der Waals surface area contributed by atoms with Crippen LogP contribution in [-0.4, -0.2) is 21.3 Å². The van der Waals surface area contributed by atoms with Gasteiger partial charge in [-0.15, -0.1) is 0 Å². The SMILES string of the molecule is COCc1ccc(C(N)c2cc(OC)cc(OC)c2)o1. The van der Waals surface area contributed by atoms with Gasteiger partial charge in [0.15, 0.2) is 0 Å². The van der Waals surface area contributed by atoms with Crippen LogP contribution in [0.1, 0.15) is 23.1 Å². The molecule has 0 aliphatic carbocycles. The van der Waals surface area contributed by atoms with E-state index in [-0.39, 0.29) is 6.04 Å². The Morgan fingerprint density at radius 1 is 1.05 bits per heavy atom. The van der Waals surface area contributed by atoms with Crippen LogP contribution in [0, 0.1) is 0 Å². The van der Waals surface area contributed by atoms with E-state index in [0.29, 0.717) is 23.9 Å². The zero-order valence-corrected chi connectivity index (χ0v) is 11.9. The third-order valence-corrected chi connectivity index (χ3v) is 3.01. The highest BCUT2D eigenvalue weighted by molar-refractivity contribution is 5.41. The lowest BCUT2D eigenvalue weighted by Gasteiger charge is -2.13. The van der Waals surface area contributed by atoms with Crippen LogP contribution in [0.2, 0.25) is 0 Å². The Hall–Kier alpha value is -1.98. The Morgan fingerprint density at radius 2 is 1.70 bits per heavy atom. The van der Waals surface area contributed by atoms with Crippen LogP contribution < -0.4 is 15.2 Å². The van der Waals surface area contributed by atoms with Crippen molar-refractivity contribution in [3.8, 4) is 11.5 Å². The van der Waals surface area contributed by atoms with Gasteiger partial charge < -0.3 is 24.4 Å². The molecule has 5 heteroatoms. The fraction of sp³-hybridized carbons (Fsp3) is 0.333. The third kappa shape index (κ3) is 3.12. The smallest absolute Gasteiger partial charge is 0.129 e. The zero-order chi connectivity index (χ0) is 14.5. The Bertz CT molecular complexity index is 543. The van der Waals surface area contributed by atoms with Gasteiger partial charge in [-0.25, -0.2) is 0 Å². The van der Waals surface area contributed by atoms with Crippen molar-refractivity contribution in [2.24, 2.45) is 5.73 Å². The maximum Gasteiger partial charge on any atom is 0.129 e. The minimum absolute atomic E-state index is 0.385. The Balaban J connectivity index is 2.28. The van der Waals surface area contributed by atoms with E-state index < -0.39 is 0 Å². The summed E-state index contributed by atoms with van der Waals surface area (Å²) in [5.74, 6) is 2.80. The molecule has 2 N–H and O–H groups in total. The second kappa shape index (κ2) is 6.45. The van der Waals surface area contributed by atoms with Gasteiger partial charge in [0.25, 0.3) is 0 Å². The molecule has 2 aromatic rings. The van der Waals surface area contributed by atoms with Crippen molar-refractivity contribution in [3.05, 3.63) is 47.4 Å². The molecule has 108 valence electrons. The van der Waals surface area contributed by atoms with E-state index in [1.54, 1.807) is 27.4 Å². The van der Waals surface area contributed by atoms with E-state index >= 15 is 0 Å². The highest BCUT2D eigenvalue weighted by Gasteiger charge is 2.15. The van der Waals surface area contributed by atoms with Gasteiger partial charge in [0.2, 0.25) is 0 Å². The Labute approximate surface area is 118 Å². The molecule has 20 heavy (non-hydrogen) atoms. The first-order valence-electron chi connectivity index (χ1n) is 6.24. The predicted octanol–water partition coefficient (Wildman–Crippen LogP) is 2.49. The first kappa shape index (κ1) is 14.4. The fourth-order valence-electron chi connectivity index (χ4n) is 1.95. The maximum atomic E-state index is 6.23. The lowest BCUT2D eigenvalue weighted by atomic mass is 10.0. The van der Waals surface area contributed by atoms with Crippen molar-refractivity contribution in [2.75, 3.05) is 21.3 Å². The van der Waals surface area contributed by atoms with Crippen LogP contribution >= 0.6 is 0 Å². The van der Waals surface area contributed by atoms with Gasteiger partial charge in [0.1, 0.15) is 29.6 Å². The molecule has 2 rings (SSSR count). The fourth-order valence-corrected chi connectivity index (χ4v) is 1.95. The number of methoxy groups -OCH3 is 3. The van der Waals surface area contributed by atoms with E-state index in [2.05, 4.69) is 0 Å². The lowest BCUT2D eigenvalue weighted by Crippen LogP contribution is -2.11. The summed E-state index contributed by atoms with van der Waals surface area (Å²) in [5, 5.41) is 0. The minimum Gasteiger partial charge on any atom is -0.497 e. The molecule has 0 aliphatic heterocycles. The molecular weight excluding hydrogens is 258 g/mol. The number of furan rings is 1. The van der Waals surface area contributed by atoms with Crippen LogP contribution in [0.15, 0.2) is 34.7 Å². The van der Waals surface area contributed by atoms with Gasteiger partial charge >= 0.3 is 0 Å². The third-order valence-electron chi connectivity index (χ3n) is 3.01. The molecule has 0 fully saturated rings. The summed E-state index contributed by atoms with van der Waals surface area (Å²) in [6.45, 7) is 0.425. The average Bonchev–Trinajstić information content (AvgIpc) is 2.94. The summed E-state index contributed by atoms with van der Waals surface area (Å²) < 4.78 is 21.2. The number of benzene rings is 1. The molecule has 5 nitrogen and oxygen atoms in total. The summed E-state index contributed by atoms with van der Waals surface area (Å²) in [4.78, 5) is 0. The van der Waals surface area contributed by atoms with E-state index in [1.807, 2.05) is 24.3 Å². The summed E-state index contributed by atoms with van der Waals surface area (Å²) in [6, 6.07) is 8.86. The Morgan fingerprint density at radius 3 is 2.25 bits per heavy atom. The Kier molecular flexibility index (Phi) is 4.65. The molecule has 0 aliphatic rings. The number of nitrogens with two attached hydrogens (primary N) is 1. The number of ether oxygens (including phenoxy) is 3. The molecule has 1 aromatic heterocycles. The zero-order valence-electron chi connectivity index (χ0n) is 11.9. The monoisotopic (exact) mass is 277 g/mol. The summed E-state index contributed by atoms with van der Waals surface area (Å²) >= 11 is 0. The average molecular weight is 277 g/mol. The summed E-state index contributed by atoms with van der Waals surface area (Å²) in [7, 11) is 4.83. The van der Waals surface area contributed by atoms with Crippen LogP contribution in [0.4, 0.5) is 0 Å². The molecule has 0 amide bonds. The number of hydrogen-bond acceptors (Lipinski definition) is 5. The summed E-state index contributed by atoms with van der Waals surface area (Å²) in [5.41, 5.74) is 7.09. The van der Waals surface area contributed by atoms with Gasteiger partial charge in [0, 0.05) is 13.2 Å². The maximum absolute atomic E-state index is 6.23. The molecule has 1 atom stereocenters. The molecule has 1 aromatic carbocycles. The quantitative estimate of drug-likeness (QED) is 0.878.